The summed E-state index contributed by atoms with van der Waals surface area (Å²) in [7, 11) is -3.58. The van der Waals surface area contributed by atoms with Crippen molar-refractivity contribution < 1.29 is 8.42 Å². The Morgan fingerprint density at radius 3 is 2.43 bits per heavy atom. The standard InChI is InChI=1S/C14H16N4O2S/c1-12(10-15)17-5-7-18(8-6-17)21(19,20)14-4-2-3-13(9-14)11-16/h2-4,9,12H,5-8H2,1H3. The van der Waals surface area contributed by atoms with Crippen LogP contribution in [0, 0.1) is 22.7 Å². The van der Waals surface area contributed by atoms with Gasteiger partial charge < -0.3 is 0 Å². The van der Waals surface area contributed by atoms with Gasteiger partial charge in [0.05, 0.1) is 28.6 Å². The van der Waals surface area contributed by atoms with Crippen molar-refractivity contribution in [3.8, 4) is 12.1 Å². The predicted octanol–water partition coefficient (Wildman–Crippen LogP) is 0.777. The molecule has 1 aliphatic rings. The molecule has 0 spiro atoms. The average molecular weight is 304 g/mol. The lowest BCUT2D eigenvalue weighted by Gasteiger charge is -2.35. The molecule has 0 bridgehead atoms. The molecule has 1 heterocycles. The molecule has 1 saturated heterocycles. The molecule has 1 aromatic rings. The first-order valence-corrected chi connectivity index (χ1v) is 8.07. The van der Waals surface area contributed by atoms with E-state index in [1.54, 1.807) is 19.1 Å². The molecule has 2 rings (SSSR count). The average Bonchev–Trinajstić information content (AvgIpc) is 2.54. The zero-order chi connectivity index (χ0) is 15.5. The van der Waals surface area contributed by atoms with E-state index in [2.05, 4.69) is 6.07 Å². The number of nitrogens with zero attached hydrogens (tertiary/aromatic N) is 4. The minimum atomic E-state index is -3.58. The van der Waals surface area contributed by atoms with Crippen LogP contribution in [0.2, 0.25) is 0 Å². The Labute approximate surface area is 124 Å². The van der Waals surface area contributed by atoms with Crippen molar-refractivity contribution in [3.05, 3.63) is 29.8 Å². The summed E-state index contributed by atoms with van der Waals surface area (Å²) >= 11 is 0. The lowest BCUT2D eigenvalue weighted by Crippen LogP contribution is -2.50. The lowest BCUT2D eigenvalue weighted by atomic mass is 10.2. The van der Waals surface area contributed by atoms with Gasteiger partial charge in [0.15, 0.2) is 0 Å². The van der Waals surface area contributed by atoms with E-state index in [1.807, 2.05) is 11.0 Å². The van der Waals surface area contributed by atoms with E-state index >= 15 is 0 Å². The van der Waals surface area contributed by atoms with Gasteiger partial charge in [-0.15, -0.1) is 0 Å². The maximum atomic E-state index is 12.5. The highest BCUT2D eigenvalue weighted by Gasteiger charge is 2.29. The second-order valence-corrected chi connectivity index (χ2v) is 6.82. The smallest absolute Gasteiger partial charge is 0.243 e. The molecule has 0 radical (unpaired) electrons. The van der Waals surface area contributed by atoms with Crippen molar-refractivity contribution in [2.45, 2.75) is 17.9 Å². The van der Waals surface area contributed by atoms with E-state index in [9.17, 15) is 8.42 Å². The molecule has 0 amide bonds. The van der Waals surface area contributed by atoms with Crippen LogP contribution in [0.25, 0.3) is 0 Å². The Morgan fingerprint density at radius 2 is 1.86 bits per heavy atom. The van der Waals surface area contributed by atoms with Crippen LogP contribution in [0.5, 0.6) is 0 Å². The van der Waals surface area contributed by atoms with Crippen LogP contribution in [0.3, 0.4) is 0 Å². The highest BCUT2D eigenvalue weighted by Crippen LogP contribution is 2.19. The van der Waals surface area contributed by atoms with Gasteiger partial charge in [-0.05, 0) is 25.1 Å². The Morgan fingerprint density at radius 1 is 1.19 bits per heavy atom. The third-order valence-corrected chi connectivity index (χ3v) is 5.50. The first-order chi connectivity index (χ1) is 9.98. The fraction of sp³-hybridized carbons (Fsp3) is 0.429. The summed E-state index contributed by atoms with van der Waals surface area (Å²) < 4.78 is 26.5. The molecule has 1 aromatic carbocycles. The number of sulfonamides is 1. The molecule has 6 nitrogen and oxygen atoms in total. The summed E-state index contributed by atoms with van der Waals surface area (Å²) in [5.74, 6) is 0. The Hall–Kier alpha value is -1.93. The number of rotatable bonds is 3. The SMILES string of the molecule is CC(C#N)N1CCN(S(=O)(=O)c2cccc(C#N)c2)CC1. The molecule has 1 atom stereocenters. The molecule has 1 fully saturated rings. The molecule has 110 valence electrons. The molecular weight excluding hydrogens is 288 g/mol. The highest BCUT2D eigenvalue weighted by molar-refractivity contribution is 7.89. The summed E-state index contributed by atoms with van der Waals surface area (Å²) in [4.78, 5) is 2.10. The molecule has 0 aliphatic carbocycles. The summed E-state index contributed by atoms with van der Waals surface area (Å²) in [6.07, 6.45) is 0. The number of benzene rings is 1. The van der Waals surface area contributed by atoms with Gasteiger partial charge in [0, 0.05) is 26.2 Å². The van der Waals surface area contributed by atoms with Crippen LogP contribution in [0.15, 0.2) is 29.2 Å². The largest absolute Gasteiger partial charge is 0.286 e. The van der Waals surface area contributed by atoms with Crippen molar-refractivity contribution in [2.24, 2.45) is 0 Å². The zero-order valence-corrected chi connectivity index (χ0v) is 12.5. The topological polar surface area (TPSA) is 88.2 Å². The number of hydrogen-bond acceptors (Lipinski definition) is 5. The molecule has 0 N–H and O–H groups in total. The van der Waals surface area contributed by atoms with Crippen LogP contribution in [-0.4, -0.2) is 49.8 Å². The Balaban J connectivity index is 2.15. The van der Waals surface area contributed by atoms with Crippen LogP contribution in [0.1, 0.15) is 12.5 Å². The minimum absolute atomic E-state index is 0.142. The third kappa shape index (κ3) is 3.22. The third-order valence-electron chi connectivity index (χ3n) is 3.61. The van der Waals surface area contributed by atoms with Gasteiger partial charge in [-0.2, -0.15) is 14.8 Å². The van der Waals surface area contributed by atoms with Gasteiger partial charge in [-0.1, -0.05) is 6.07 Å². The first kappa shape index (κ1) is 15.5. The maximum absolute atomic E-state index is 12.5. The summed E-state index contributed by atoms with van der Waals surface area (Å²) in [5.41, 5.74) is 0.327. The fourth-order valence-corrected chi connectivity index (χ4v) is 3.76. The van der Waals surface area contributed by atoms with Crippen molar-refractivity contribution >= 4 is 10.0 Å². The van der Waals surface area contributed by atoms with E-state index < -0.39 is 10.0 Å². The summed E-state index contributed by atoms with van der Waals surface area (Å²) in [6, 6.07) is 9.92. The van der Waals surface area contributed by atoms with Crippen molar-refractivity contribution in [2.75, 3.05) is 26.2 Å². The van der Waals surface area contributed by atoms with Crippen molar-refractivity contribution in [3.63, 3.8) is 0 Å². The monoisotopic (exact) mass is 304 g/mol. The zero-order valence-electron chi connectivity index (χ0n) is 11.7. The van der Waals surface area contributed by atoms with Gasteiger partial charge in [0.1, 0.15) is 0 Å². The van der Waals surface area contributed by atoms with E-state index in [1.165, 1.54) is 16.4 Å². The van der Waals surface area contributed by atoms with Gasteiger partial charge >= 0.3 is 0 Å². The van der Waals surface area contributed by atoms with Gasteiger partial charge in [0.25, 0.3) is 0 Å². The predicted molar refractivity (Wildman–Crippen MR) is 76.6 cm³/mol. The quantitative estimate of drug-likeness (QED) is 0.823. The summed E-state index contributed by atoms with van der Waals surface area (Å²) in [6.45, 7) is 3.58. The van der Waals surface area contributed by atoms with E-state index in [0.29, 0.717) is 31.7 Å². The maximum Gasteiger partial charge on any atom is 0.243 e. The number of hydrogen-bond donors (Lipinski definition) is 0. The molecule has 7 heteroatoms. The minimum Gasteiger partial charge on any atom is -0.286 e. The normalized spacial score (nSPS) is 18.6. The molecule has 1 unspecified atom stereocenters. The van der Waals surface area contributed by atoms with Crippen LogP contribution >= 0.6 is 0 Å². The second-order valence-electron chi connectivity index (χ2n) is 4.88. The Kier molecular flexibility index (Phi) is 4.59. The summed E-state index contributed by atoms with van der Waals surface area (Å²) in [5, 5.41) is 17.8. The van der Waals surface area contributed by atoms with E-state index in [-0.39, 0.29) is 10.9 Å². The van der Waals surface area contributed by atoms with Gasteiger partial charge in [-0.3, -0.25) is 4.90 Å². The lowest BCUT2D eigenvalue weighted by molar-refractivity contribution is 0.169. The Bertz CT molecular complexity index is 694. The van der Waals surface area contributed by atoms with Gasteiger partial charge in [0.2, 0.25) is 10.0 Å². The van der Waals surface area contributed by atoms with E-state index in [0.717, 1.165) is 0 Å². The van der Waals surface area contributed by atoms with Crippen LogP contribution in [-0.2, 0) is 10.0 Å². The molecule has 0 saturated carbocycles. The molecular formula is C14H16N4O2S. The fourth-order valence-electron chi connectivity index (χ4n) is 2.29. The van der Waals surface area contributed by atoms with Crippen molar-refractivity contribution in [1.29, 1.82) is 10.5 Å². The van der Waals surface area contributed by atoms with E-state index in [4.69, 9.17) is 10.5 Å². The highest BCUT2D eigenvalue weighted by atomic mass is 32.2. The van der Waals surface area contributed by atoms with Gasteiger partial charge in [-0.25, -0.2) is 8.42 Å². The van der Waals surface area contributed by atoms with Crippen molar-refractivity contribution in [1.82, 2.24) is 9.21 Å². The number of nitriles is 2. The first-order valence-electron chi connectivity index (χ1n) is 6.63. The molecule has 1 aliphatic heterocycles. The van der Waals surface area contributed by atoms with Crippen LogP contribution < -0.4 is 0 Å². The molecule has 0 aromatic heterocycles. The van der Waals surface area contributed by atoms with Crippen LogP contribution in [0.4, 0.5) is 0 Å². The molecule has 21 heavy (non-hydrogen) atoms. The number of piperazine rings is 1. The second kappa shape index (κ2) is 6.23.